The maximum Gasteiger partial charge on any atom is 0.501 e. The lowest BCUT2D eigenvalue weighted by Crippen LogP contribution is -2.31. The minimum atomic E-state index is -6.49. The largest absolute Gasteiger partial charge is 0.501 e. The highest BCUT2D eigenvalue weighted by Crippen LogP contribution is 2.39. The van der Waals surface area contributed by atoms with Gasteiger partial charge in [0.15, 0.2) is 4.91 Å². The zero-order valence-electron chi connectivity index (χ0n) is 11.0. The van der Waals surface area contributed by atoms with E-state index in [1.165, 1.54) is 12.1 Å². The first-order chi connectivity index (χ1) is 9.85. The molecule has 1 aromatic carbocycles. The molecular formula is C13H10F6O2S. The van der Waals surface area contributed by atoms with Gasteiger partial charge in [0.05, 0.1) is 0 Å². The summed E-state index contributed by atoms with van der Waals surface area (Å²) in [6.07, 6.45) is -4.55. The molecule has 0 spiro atoms. The maximum absolute atomic E-state index is 12.7. The number of allylic oxidation sites excluding steroid dienone is 3. The number of hydrogen-bond acceptors (Lipinski definition) is 2. The summed E-state index contributed by atoms with van der Waals surface area (Å²) in [5.74, 6) is 0. The van der Waals surface area contributed by atoms with Gasteiger partial charge in [-0.15, -0.1) is 0 Å². The van der Waals surface area contributed by atoms with Crippen molar-refractivity contribution in [1.29, 1.82) is 0 Å². The predicted molar refractivity (Wildman–Crippen MR) is 69.2 cm³/mol. The van der Waals surface area contributed by atoms with Crippen molar-refractivity contribution in [3.05, 3.63) is 52.4 Å². The van der Waals surface area contributed by atoms with Crippen molar-refractivity contribution >= 4 is 15.9 Å². The molecular weight excluding hydrogens is 334 g/mol. The molecule has 0 radical (unpaired) electrons. The lowest BCUT2D eigenvalue weighted by Gasteiger charge is -2.14. The average Bonchev–Trinajstić information content (AvgIpc) is 2.34. The smallest absolute Gasteiger partial charge is 0.214 e. The molecule has 0 aromatic heterocycles. The number of sulfone groups is 1. The van der Waals surface area contributed by atoms with E-state index in [9.17, 15) is 34.8 Å². The highest BCUT2D eigenvalue weighted by molar-refractivity contribution is 7.96. The topological polar surface area (TPSA) is 34.1 Å². The second-order valence-electron chi connectivity index (χ2n) is 4.25. The Morgan fingerprint density at radius 2 is 1.50 bits per heavy atom. The zero-order chi connectivity index (χ0) is 17.2. The van der Waals surface area contributed by atoms with Crippen LogP contribution in [-0.2, 0) is 9.84 Å². The van der Waals surface area contributed by atoms with Gasteiger partial charge in [0.1, 0.15) is 0 Å². The summed E-state index contributed by atoms with van der Waals surface area (Å²) in [6, 6.07) is 7.78. The Morgan fingerprint density at radius 3 is 1.91 bits per heavy atom. The van der Waals surface area contributed by atoms with Gasteiger partial charge in [-0.1, -0.05) is 36.4 Å². The number of halogens is 6. The van der Waals surface area contributed by atoms with E-state index in [2.05, 4.69) is 0 Å². The van der Waals surface area contributed by atoms with Crippen LogP contribution in [0.1, 0.15) is 12.5 Å². The number of benzene rings is 1. The molecule has 0 saturated carbocycles. The van der Waals surface area contributed by atoms with Gasteiger partial charge >= 0.3 is 11.7 Å². The fraction of sp³-hybridized carbons (Fsp3) is 0.231. The molecule has 1 aromatic rings. The summed E-state index contributed by atoms with van der Waals surface area (Å²) in [7, 11) is -6.49. The second kappa shape index (κ2) is 6.15. The highest BCUT2D eigenvalue weighted by atomic mass is 32.2. The molecule has 0 aliphatic rings. The number of alkyl halides is 6. The predicted octanol–water partition coefficient (Wildman–Crippen LogP) is 4.47. The fourth-order valence-corrected chi connectivity index (χ4v) is 2.39. The minimum absolute atomic E-state index is 0.0319. The Labute approximate surface area is 122 Å². The quantitative estimate of drug-likeness (QED) is 0.599. The van der Waals surface area contributed by atoms with Crippen molar-refractivity contribution in [2.45, 2.75) is 18.6 Å². The first kappa shape index (κ1) is 18.3. The molecule has 0 heterocycles. The standard InChI is InChI=1S/C13H10F6O2S/c1-9(7-10-5-3-2-4-6-10)8-11(12(14,15)16)22(20,21)13(17,18)19/h2-8H,1H3/b9-7+,11-8-. The zero-order valence-corrected chi connectivity index (χ0v) is 11.9. The van der Waals surface area contributed by atoms with Crippen LogP contribution in [0.25, 0.3) is 6.08 Å². The van der Waals surface area contributed by atoms with Gasteiger partial charge in [0, 0.05) is 0 Å². The van der Waals surface area contributed by atoms with Crippen LogP contribution >= 0.6 is 0 Å². The molecule has 0 aliphatic carbocycles. The summed E-state index contributed by atoms with van der Waals surface area (Å²) in [5, 5.41) is 0. The molecule has 0 fully saturated rings. The maximum atomic E-state index is 12.7. The van der Waals surface area contributed by atoms with Crippen LogP contribution < -0.4 is 0 Å². The van der Waals surface area contributed by atoms with Crippen LogP contribution in [0.4, 0.5) is 26.3 Å². The molecule has 9 heteroatoms. The average molecular weight is 344 g/mol. The third-order valence-electron chi connectivity index (χ3n) is 2.43. The van der Waals surface area contributed by atoms with Crippen molar-refractivity contribution in [3.63, 3.8) is 0 Å². The van der Waals surface area contributed by atoms with Gasteiger partial charge < -0.3 is 0 Å². The van der Waals surface area contributed by atoms with Crippen molar-refractivity contribution in [1.82, 2.24) is 0 Å². The minimum Gasteiger partial charge on any atom is -0.214 e. The van der Waals surface area contributed by atoms with E-state index < -0.39 is 26.4 Å². The Kier molecular flexibility index (Phi) is 5.11. The molecule has 0 saturated heterocycles. The van der Waals surface area contributed by atoms with Crippen molar-refractivity contribution < 1.29 is 34.8 Å². The molecule has 0 unspecified atom stereocenters. The molecule has 0 aliphatic heterocycles. The monoisotopic (exact) mass is 344 g/mol. The SMILES string of the molecule is CC(/C=C(/C(F)(F)F)S(=O)(=O)C(F)(F)F)=C\c1ccccc1. The molecule has 0 N–H and O–H groups in total. The van der Waals surface area contributed by atoms with Crippen LogP contribution in [0, 0.1) is 0 Å². The first-order valence-corrected chi connectivity index (χ1v) is 7.17. The van der Waals surface area contributed by atoms with Gasteiger partial charge in [0.25, 0.3) is 9.84 Å². The van der Waals surface area contributed by atoms with Crippen molar-refractivity contribution in [2.75, 3.05) is 0 Å². The molecule has 122 valence electrons. The summed E-state index contributed by atoms with van der Waals surface area (Å²) < 4.78 is 97.1. The Balaban J connectivity index is 3.40. The first-order valence-electron chi connectivity index (χ1n) is 5.69. The van der Waals surface area contributed by atoms with E-state index in [0.717, 1.165) is 13.0 Å². The third kappa shape index (κ3) is 4.36. The lowest BCUT2D eigenvalue weighted by atomic mass is 10.1. The third-order valence-corrected chi connectivity index (χ3v) is 3.96. The molecule has 0 amide bonds. The van der Waals surface area contributed by atoms with E-state index in [1.54, 1.807) is 18.2 Å². The number of rotatable bonds is 3. The Morgan fingerprint density at radius 1 is 1.00 bits per heavy atom. The van der Waals surface area contributed by atoms with Crippen LogP contribution in [0.15, 0.2) is 46.9 Å². The molecule has 0 bridgehead atoms. The molecule has 2 nitrogen and oxygen atoms in total. The van der Waals surface area contributed by atoms with Crippen LogP contribution in [0.3, 0.4) is 0 Å². The van der Waals surface area contributed by atoms with Gasteiger partial charge in [-0.2, -0.15) is 26.3 Å². The van der Waals surface area contributed by atoms with Gasteiger partial charge in [-0.05, 0) is 24.1 Å². The van der Waals surface area contributed by atoms with E-state index in [-0.39, 0.29) is 11.6 Å². The van der Waals surface area contributed by atoms with Gasteiger partial charge in [0.2, 0.25) is 0 Å². The summed E-state index contributed by atoms with van der Waals surface area (Å²) in [6.45, 7) is 1.07. The van der Waals surface area contributed by atoms with E-state index in [1.807, 2.05) is 0 Å². The van der Waals surface area contributed by atoms with Gasteiger partial charge in [-0.25, -0.2) is 8.42 Å². The van der Waals surface area contributed by atoms with E-state index >= 15 is 0 Å². The Bertz CT molecular complexity index is 681. The van der Waals surface area contributed by atoms with Crippen LogP contribution in [-0.4, -0.2) is 20.1 Å². The summed E-state index contributed by atoms with van der Waals surface area (Å²) in [5.41, 5.74) is -5.89. The van der Waals surface area contributed by atoms with Crippen molar-refractivity contribution in [2.24, 2.45) is 0 Å². The van der Waals surface area contributed by atoms with E-state index in [0.29, 0.717) is 5.56 Å². The highest BCUT2D eigenvalue weighted by Gasteiger charge is 2.56. The number of hydrogen-bond donors (Lipinski definition) is 0. The molecule has 22 heavy (non-hydrogen) atoms. The Hall–Kier alpha value is -1.77. The summed E-state index contributed by atoms with van der Waals surface area (Å²) >= 11 is 0. The lowest BCUT2D eigenvalue weighted by molar-refractivity contribution is -0.0894. The normalized spacial score (nSPS) is 15.0. The fourth-order valence-electron chi connectivity index (χ4n) is 1.50. The molecule has 1 rings (SSSR count). The van der Waals surface area contributed by atoms with Gasteiger partial charge in [-0.3, -0.25) is 0 Å². The second-order valence-corrected chi connectivity index (χ2v) is 6.16. The van der Waals surface area contributed by atoms with Crippen LogP contribution in [0.5, 0.6) is 0 Å². The van der Waals surface area contributed by atoms with E-state index in [4.69, 9.17) is 0 Å². The molecule has 0 atom stereocenters. The summed E-state index contributed by atoms with van der Waals surface area (Å²) in [4.78, 5) is -2.64. The van der Waals surface area contributed by atoms with Crippen molar-refractivity contribution in [3.8, 4) is 0 Å². The van der Waals surface area contributed by atoms with Crippen LogP contribution in [0.2, 0.25) is 0 Å².